The molecule has 0 saturated carbocycles. The first-order chi connectivity index (χ1) is 8.31. The Morgan fingerprint density at radius 2 is 2.18 bits per heavy atom. The van der Waals surface area contributed by atoms with Crippen molar-refractivity contribution in [3.8, 4) is 11.4 Å². The molecule has 2 aromatic rings. The van der Waals surface area contributed by atoms with Crippen LogP contribution < -0.4 is 0 Å². The first-order valence-corrected chi connectivity index (χ1v) is 4.75. The van der Waals surface area contributed by atoms with Crippen LogP contribution in [-0.2, 0) is 6.54 Å². The number of aromatic nitrogens is 3. The minimum absolute atomic E-state index is 0.120. The first kappa shape index (κ1) is 11.0. The lowest BCUT2D eigenvalue weighted by Crippen LogP contribution is -1.96. The molecule has 0 unspecified atom stereocenters. The van der Waals surface area contributed by atoms with Crippen LogP contribution in [0.1, 0.15) is 5.69 Å². The predicted molar refractivity (Wildman–Crippen MR) is 58.1 cm³/mol. The van der Waals surface area contributed by atoms with Crippen molar-refractivity contribution in [2.24, 2.45) is 5.11 Å². The molecule has 0 atom stereocenters. The second-order valence-electron chi connectivity index (χ2n) is 3.13. The quantitative estimate of drug-likeness (QED) is 0.461. The monoisotopic (exact) mass is 230 g/mol. The number of pyridine rings is 1. The van der Waals surface area contributed by atoms with Gasteiger partial charge in [0.15, 0.2) is 5.82 Å². The SMILES string of the molecule is [N-]=[N+]=NCc1ccc(-c2ncccc2F)nn1. The van der Waals surface area contributed by atoms with E-state index in [4.69, 9.17) is 5.53 Å². The molecule has 84 valence electrons. The molecule has 2 rings (SSSR count). The molecule has 2 aromatic heterocycles. The van der Waals surface area contributed by atoms with Crippen LogP contribution in [0.25, 0.3) is 21.8 Å². The molecule has 0 bridgehead atoms. The Kier molecular flexibility index (Phi) is 3.23. The van der Waals surface area contributed by atoms with E-state index in [9.17, 15) is 4.39 Å². The fraction of sp³-hybridized carbons (Fsp3) is 0.100. The fourth-order valence-corrected chi connectivity index (χ4v) is 1.25. The summed E-state index contributed by atoms with van der Waals surface area (Å²) in [7, 11) is 0. The van der Waals surface area contributed by atoms with Crippen molar-refractivity contribution < 1.29 is 4.39 Å². The van der Waals surface area contributed by atoms with Gasteiger partial charge < -0.3 is 0 Å². The van der Waals surface area contributed by atoms with Crippen LogP contribution in [0.2, 0.25) is 0 Å². The van der Waals surface area contributed by atoms with Crippen molar-refractivity contribution >= 4 is 0 Å². The molecular weight excluding hydrogens is 223 g/mol. The molecule has 0 aromatic carbocycles. The zero-order valence-electron chi connectivity index (χ0n) is 8.66. The highest BCUT2D eigenvalue weighted by atomic mass is 19.1. The number of rotatable bonds is 3. The van der Waals surface area contributed by atoms with Crippen LogP contribution in [0.5, 0.6) is 0 Å². The number of hydrogen-bond acceptors (Lipinski definition) is 4. The van der Waals surface area contributed by atoms with E-state index >= 15 is 0 Å². The summed E-state index contributed by atoms with van der Waals surface area (Å²) in [5.41, 5.74) is 9.15. The van der Waals surface area contributed by atoms with Crippen molar-refractivity contribution in [3.63, 3.8) is 0 Å². The van der Waals surface area contributed by atoms with E-state index in [1.807, 2.05) is 0 Å². The summed E-state index contributed by atoms with van der Waals surface area (Å²) in [6.45, 7) is 0.120. The van der Waals surface area contributed by atoms with E-state index in [-0.39, 0.29) is 12.2 Å². The molecule has 0 radical (unpaired) electrons. The second-order valence-corrected chi connectivity index (χ2v) is 3.13. The Bertz CT molecular complexity index is 561. The van der Waals surface area contributed by atoms with Crippen molar-refractivity contribution in [1.82, 2.24) is 15.2 Å². The van der Waals surface area contributed by atoms with Gasteiger partial charge in [0, 0.05) is 11.1 Å². The maximum atomic E-state index is 13.4. The van der Waals surface area contributed by atoms with Gasteiger partial charge in [0.2, 0.25) is 0 Å². The zero-order valence-corrected chi connectivity index (χ0v) is 8.66. The Morgan fingerprint density at radius 3 is 2.82 bits per heavy atom. The van der Waals surface area contributed by atoms with Gasteiger partial charge in [0.05, 0.1) is 12.2 Å². The van der Waals surface area contributed by atoms with E-state index in [1.54, 1.807) is 12.1 Å². The van der Waals surface area contributed by atoms with E-state index in [0.717, 1.165) is 0 Å². The summed E-state index contributed by atoms with van der Waals surface area (Å²) in [5, 5.41) is 11.0. The van der Waals surface area contributed by atoms with Gasteiger partial charge in [-0.25, -0.2) is 4.39 Å². The van der Waals surface area contributed by atoms with E-state index in [1.165, 1.54) is 18.3 Å². The smallest absolute Gasteiger partial charge is 0.151 e. The molecule has 7 heteroatoms. The summed E-state index contributed by atoms with van der Waals surface area (Å²) >= 11 is 0. The van der Waals surface area contributed by atoms with E-state index in [0.29, 0.717) is 11.4 Å². The Hall–Kier alpha value is -2.53. The summed E-state index contributed by atoms with van der Waals surface area (Å²) in [6, 6.07) is 6.01. The van der Waals surface area contributed by atoms with Crippen molar-refractivity contribution in [3.05, 3.63) is 52.4 Å². The van der Waals surface area contributed by atoms with Crippen LogP contribution in [0.15, 0.2) is 35.6 Å². The number of hydrogen-bond donors (Lipinski definition) is 0. The summed E-state index contributed by atoms with van der Waals surface area (Å²) < 4.78 is 13.4. The van der Waals surface area contributed by atoms with Crippen LogP contribution in [0.4, 0.5) is 4.39 Å². The molecule has 6 nitrogen and oxygen atoms in total. The van der Waals surface area contributed by atoms with Gasteiger partial charge in [-0.3, -0.25) is 4.98 Å². The van der Waals surface area contributed by atoms with Crippen LogP contribution in [0.3, 0.4) is 0 Å². The summed E-state index contributed by atoms with van der Waals surface area (Å²) in [6.07, 6.45) is 1.48. The molecule has 0 fully saturated rings. The van der Waals surface area contributed by atoms with Gasteiger partial charge in [-0.1, -0.05) is 5.11 Å². The Labute approximate surface area is 95.8 Å². The minimum Gasteiger partial charge on any atom is -0.251 e. The van der Waals surface area contributed by atoms with Gasteiger partial charge >= 0.3 is 0 Å². The van der Waals surface area contributed by atoms with Gasteiger partial charge in [-0.05, 0) is 29.8 Å². The first-order valence-electron chi connectivity index (χ1n) is 4.75. The molecule has 0 spiro atoms. The lowest BCUT2D eigenvalue weighted by Gasteiger charge is -2.00. The predicted octanol–water partition coefficient (Wildman–Crippen LogP) is 2.49. The maximum Gasteiger partial charge on any atom is 0.151 e. The van der Waals surface area contributed by atoms with E-state index < -0.39 is 5.82 Å². The molecule has 0 aliphatic rings. The van der Waals surface area contributed by atoms with Crippen molar-refractivity contribution in [1.29, 1.82) is 0 Å². The molecule has 17 heavy (non-hydrogen) atoms. The van der Waals surface area contributed by atoms with E-state index in [2.05, 4.69) is 25.2 Å². The van der Waals surface area contributed by atoms with Gasteiger partial charge in [0.25, 0.3) is 0 Å². The van der Waals surface area contributed by atoms with Crippen LogP contribution in [-0.4, -0.2) is 15.2 Å². The fourth-order valence-electron chi connectivity index (χ4n) is 1.25. The highest BCUT2D eigenvalue weighted by Gasteiger charge is 2.07. The molecule has 0 amide bonds. The third-order valence-electron chi connectivity index (χ3n) is 2.02. The van der Waals surface area contributed by atoms with Gasteiger partial charge in [-0.2, -0.15) is 5.10 Å². The lowest BCUT2D eigenvalue weighted by molar-refractivity contribution is 0.624. The van der Waals surface area contributed by atoms with Crippen LogP contribution in [0, 0.1) is 5.82 Å². The molecule has 2 heterocycles. The average Bonchev–Trinajstić information content (AvgIpc) is 2.38. The average molecular weight is 230 g/mol. The number of azide groups is 1. The normalized spacial score (nSPS) is 9.71. The minimum atomic E-state index is -0.454. The largest absolute Gasteiger partial charge is 0.251 e. The Morgan fingerprint density at radius 1 is 1.29 bits per heavy atom. The molecule has 0 saturated heterocycles. The number of halogens is 1. The second kappa shape index (κ2) is 5.00. The summed E-state index contributed by atoms with van der Waals surface area (Å²) in [5.74, 6) is -0.454. The van der Waals surface area contributed by atoms with Crippen molar-refractivity contribution in [2.75, 3.05) is 0 Å². The van der Waals surface area contributed by atoms with Crippen LogP contribution >= 0.6 is 0 Å². The third-order valence-corrected chi connectivity index (χ3v) is 2.02. The molecular formula is C10H7FN6. The zero-order chi connectivity index (χ0) is 12.1. The highest BCUT2D eigenvalue weighted by Crippen LogP contribution is 2.16. The molecule has 0 aliphatic carbocycles. The van der Waals surface area contributed by atoms with Crippen molar-refractivity contribution in [2.45, 2.75) is 6.54 Å². The van der Waals surface area contributed by atoms with Gasteiger partial charge in [0.1, 0.15) is 11.4 Å². The molecule has 0 N–H and O–H groups in total. The topological polar surface area (TPSA) is 87.4 Å². The maximum absolute atomic E-state index is 13.4. The standard InChI is InChI=1S/C10H7FN6/c11-8-2-1-5-13-10(8)9-4-3-7(15-16-9)6-14-17-12/h1-5H,6H2. The molecule has 0 aliphatic heterocycles. The third kappa shape index (κ3) is 2.53. The van der Waals surface area contributed by atoms with Gasteiger partial charge in [-0.15, -0.1) is 5.10 Å². The Balaban J connectivity index is 2.29. The number of nitrogens with zero attached hydrogens (tertiary/aromatic N) is 6. The summed E-state index contributed by atoms with van der Waals surface area (Å²) in [4.78, 5) is 6.49. The highest BCUT2D eigenvalue weighted by molar-refractivity contribution is 5.53. The lowest BCUT2D eigenvalue weighted by atomic mass is 10.2.